The number of benzene rings is 2. The summed E-state index contributed by atoms with van der Waals surface area (Å²) in [4.78, 5) is 36.3. The van der Waals surface area contributed by atoms with Crippen molar-refractivity contribution in [3.63, 3.8) is 0 Å². The van der Waals surface area contributed by atoms with Crippen molar-refractivity contribution >= 4 is 39.9 Å². The minimum absolute atomic E-state index is 0.0601. The van der Waals surface area contributed by atoms with E-state index in [2.05, 4.69) is 20.2 Å². The van der Waals surface area contributed by atoms with Crippen LogP contribution in [0, 0.1) is 10.1 Å². The molecule has 13 heteroatoms. The first-order chi connectivity index (χ1) is 20.6. The molecule has 2 heterocycles. The van der Waals surface area contributed by atoms with Crippen molar-refractivity contribution in [3.05, 3.63) is 64.5 Å². The van der Waals surface area contributed by atoms with Gasteiger partial charge in [0, 0.05) is 80.8 Å². The third-order valence-corrected chi connectivity index (χ3v) is 7.20. The van der Waals surface area contributed by atoms with Crippen LogP contribution in [-0.2, 0) is 23.1 Å². The Labute approximate surface area is 250 Å². The molecule has 0 aliphatic carbocycles. The van der Waals surface area contributed by atoms with E-state index < -0.39 is 4.92 Å². The first-order valence-electron chi connectivity index (χ1n) is 13.8. The van der Waals surface area contributed by atoms with Crippen LogP contribution in [-0.4, -0.2) is 85.3 Å². The van der Waals surface area contributed by atoms with Gasteiger partial charge in [-0.25, -0.2) is 9.97 Å². The lowest BCUT2D eigenvalue weighted by molar-refractivity contribution is -0.384. The Hall–Kier alpha value is -4.75. The number of fused-ring (bicyclic) bond motifs is 1. The Morgan fingerprint density at radius 3 is 2.58 bits per heavy atom. The molecule has 2 N–H and O–H groups in total. The van der Waals surface area contributed by atoms with Crippen LogP contribution in [0.5, 0.6) is 5.75 Å². The third-order valence-electron chi connectivity index (χ3n) is 7.20. The van der Waals surface area contributed by atoms with Gasteiger partial charge in [0.05, 0.1) is 36.9 Å². The summed E-state index contributed by atoms with van der Waals surface area (Å²) in [6.07, 6.45) is 1.90. The Kier molecular flexibility index (Phi) is 10.1. The number of nitrogens with zero attached hydrogens (tertiary/aromatic N) is 6. The number of hydrogen-bond donors (Lipinski definition) is 2. The summed E-state index contributed by atoms with van der Waals surface area (Å²) < 4.78 is 12.5. The van der Waals surface area contributed by atoms with E-state index in [1.165, 1.54) is 20.3 Å². The maximum atomic E-state index is 12.1. The van der Waals surface area contributed by atoms with Crippen molar-refractivity contribution in [2.45, 2.75) is 13.0 Å². The second-order valence-electron chi connectivity index (χ2n) is 10.3. The van der Waals surface area contributed by atoms with Gasteiger partial charge in [-0.3, -0.25) is 14.9 Å². The van der Waals surface area contributed by atoms with Gasteiger partial charge in [-0.05, 0) is 26.2 Å². The van der Waals surface area contributed by atoms with Crippen molar-refractivity contribution in [1.29, 1.82) is 0 Å². The lowest BCUT2D eigenvalue weighted by atomic mass is 10.1. The molecule has 13 nitrogen and oxygen atoms in total. The highest BCUT2D eigenvalue weighted by molar-refractivity contribution is 5.97. The number of nitro groups is 1. The van der Waals surface area contributed by atoms with Crippen LogP contribution < -0.4 is 20.3 Å². The molecule has 228 valence electrons. The second kappa shape index (κ2) is 13.9. The van der Waals surface area contributed by atoms with Gasteiger partial charge < -0.3 is 34.5 Å². The van der Waals surface area contributed by atoms with Gasteiger partial charge in [0.1, 0.15) is 11.4 Å². The molecule has 2 aromatic carbocycles. The van der Waals surface area contributed by atoms with Gasteiger partial charge in [0.25, 0.3) is 5.69 Å². The van der Waals surface area contributed by atoms with Gasteiger partial charge in [0.2, 0.25) is 5.95 Å². The molecule has 0 amide bonds. The number of ether oxygens (including phenoxy) is 2. The molecular formula is C30H38N8O5. The Morgan fingerprint density at radius 2 is 1.88 bits per heavy atom. The van der Waals surface area contributed by atoms with Crippen LogP contribution in [0.15, 0.2) is 48.7 Å². The second-order valence-corrected chi connectivity index (χ2v) is 10.3. The molecule has 0 fully saturated rings. The lowest BCUT2D eigenvalue weighted by Gasteiger charge is -2.22. The minimum atomic E-state index is -0.404. The van der Waals surface area contributed by atoms with Crippen molar-refractivity contribution in [2.75, 3.05) is 65.2 Å². The first kappa shape index (κ1) is 31.2. The monoisotopic (exact) mass is 590 g/mol. The average molecular weight is 591 g/mol. The van der Waals surface area contributed by atoms with E-state index in [4.69, 9.17) is 14.5 Å². The Bertz CT molecular complexity index is 1600. The molecule has 4 rings (SSSR count). The number of hydrogen-bond acceptors (Lipinski definition) is 11. The van der Waals surface area contributed by atoms with Gasteiger partial charge in [0.15, 0.2) is 0 Å². The molecule has 4 aromatic rings. The number of para-hydroxylation sites is 1. The first-order valence-corrected chi connectivity index (χ1v) is 13.8. The Morgan fingerprint density at radius 1 is 1.12 bits per heavy atom. The Balaban J connectivity index is 1.69. The van der Waals surface area contributed by atoms with Crippen LogP contribution in [0.4, 0.5) is 23.0 Å². The fourth-order valence-corrected chi connectivity index (χ4v) is 4.86. The van der Waals surface area contributed by atoms with E-state index in [1.54, 1.807) is 12.3 Å². The number of anilines is 3. The molecule has 43 heavy (non-hydrogen) atoms. The number of likely N-dealkylation sites (N-methyl/N-ethyl adjacent to an activating group) is 2. The van der Waals surface area contributed by atoms with Crippen molar-refractivity contribution in [1.82, 2.24) is 24.8 Å². The maximum Gasteiger partial charge on any atom is 0.306 e. The van der Waals surface area contributed by atoms with E-state index in [9.17, 15) is 14.9 Å². The van der Waals surface area contributed by atoms with E-state index >= 15 is 0 Å². The summed E-state index contributed by atoms with van der Waals surface area (Å²) in [6, 6.07) is 13.0. The van der Waals surface area contributed by atoms with Crippen molar-refractivity contribution in [2.24, 2.45) is 7.05 Å². The number of esters is 1. The zero-order valence-corrected chi connectivity index (χ0v) is 25.4. The van der Waals surface area contributed by atoms with Crippen LogP contribution in [0.1, 0.15) is 12.1 Å². The largest absolute Gasteiger partial charge is 0.494 e. The zero-order chi connectivity index (χ0) is 31.1. The average Bonchev–Trinajstić information content (AvgIpc) is 3.28. The van der Waals surface area contributed by atoms with Gasteiger partial charge >= 0.3 is 5.97 Å². The summed E-state index contributed by atoms with van der Waals surface area (Å²) in [5.74, 6) is 0.406. The fourth-order valence-electron chi connectivity index (χ4n) is 4.86. The topological polar surface area (TPSA) is 140 Å². The minimum Gasteiger partial charge on any atom is -0.494 e. The van der Waals surface area contributed by atoms with Crippen molar-refractivity contribution in [3.8, 4) is 17.0 Å². The molecule has 0 saturated heterocycles. The predicted octanol–water partition coefficient (Wildman–Crippen LogP) is 3.95. The number of carbonyl (C=O) groups is 1. The molecule has 0 bridgehead atoms. The normalized spacial score (nSPS) is 11.1. The van der Waals surface area contributed by atoms with Crippen LogP contribution in [0.3, 0.4) is 0 Å². The number of rotatable bonds is 14. The molecule has 2 aromatic heterocycles. The van der Waals surface area contributed by atoms with Gasteiger partial charge in [-0.15, -0.1) is 0 Å². The molecule has 0 unspecified atom stereocenters. The fraction of sp³-hybridized carbons (Fsp3) is 0.367. The van der Waals surface area contributed by atoms with E-state index in [-0.39, 0.29) is 24.0 Å². The molecule has 0 aliphatic rings. The van der Waals surface area contributed by atoms with E-state index in [0.29, 0.717) is 42.5 Å². The highest BCUT2D eigenvalue weighted by Crippen LogP contribution is 2.39. The standard InChI is InChI=1S/C30H38N8O5/c1-35(2)15-16-36(3)24-18-27(42-5)22(17-25(24)38(40)41)34-30-32-14-11-21(33-30)29-20-9-7-8-10-23(20)37(4)26(29)19-31-13-12-28(39)43-6/h7-11,14,17-18,31H,12-13,15-16,19H2,1-6H3,(H,32,33,34). The maximum absolute atomic E-state index is 12.1. The third kappa shape index (κ3) is 7.19. The summed E-state index contributed by atoms with van der Waals surface area (Å²) >= 11 is 0. The zero-order valence-electron chi connectivity index (χ0n) is 25.4. The number of nitro benzene ring substituents is 1. The molecule has 0 spiro atoms. The van der Waals surface area contributed by atoms with Crippen molar-refractivity contribution < 1.29 is 19.2 Å². The summed E-state index contributed by atoms with van der Waals surface area (Å²) in [5.41, 5.74) is 4.37. The summed E-state index contributed by atoms with van der Waals surface area (Å²) in [7, 11) is 10.6. The number of aryl methyl sites for hydroxylation is 1. The lowest BCUT2D eigenvalue weighted by Crippen LogP contribution is -2.28. The van der Waals surface area contributed by atoms with E-state index in [1.807, 2.05) is 68.3 Å². The SMILES string of the molecule is COC(=O)CCNCc1c(-c2ccnc(Nc3cc([N+](=O)[O-])c(N(C)CCN(C)C)cc3OC)n2)c2ccccc2n1C. The highest BCUT2D eigenvalue weighted by atomic mass is 16.6. The number of methoxy groups -OCH3 is 2. The van der Waals surface area contributed by atoms with Crippen LogP contribution in [0.2, 0.25) is 0 Å². The van der Waals surface area contributed by atoms with Gasteiger partial charge in [-0.1, -0.05) is 18.2 Å². The summed E-state index contributed by atoms with van der Waals surface area (Å²) in [6.45, 7) is 2.28. The van der Waals surface area contributed by atoms with Crippen LogP contribution in [0.25, 0.3) is 22.2 Å². The quantitative estimate of drug-likeness (QED) is 0.0955. The molecular weight excluding hydrogens is 552 g/mol. The van der Waals surface area contributed by atoms with E-state index in [0.717, 1.165) is 28.7 Å². The van der Waals surface area contributed by atoms with Crippen LogP contribution >= 0.6 is 0 Å². The number of carbonyl (C=O) groups excluding carboxylic acids is 1. The molecule has 0 aliphatic heterocycles. The molecule has 0 radical (unpaired) electrons. The van der Waals surface area contributed by atoms with Gasteiger partial charge in [-0.2, -0.15) is 0 Å². The molecule has 0 atom stereocenters. The smallest absolute Gasteiger partial charge is 0.306 e. The summed E-state index contributed by atoms with van der Waals surface area (Å²) in [5, 5.41) is 19.5. The highest BCUT2D eigenvalue weighted by Gasteiger charge is 2.23. The predicted molar refractivity (Wildman–Crippen MR) is 167 cm³/mol. The number of nitrogens with one attached hydrogen (secondary N) is 2. The number of aromatic nitrogens is 3. The molecule has 0 saturated carbocycles.